The summed E-state index contributed by atoms with van der Waals surface area (Å²) in [5, 5.41) is 2.76. The highest BCUT2D eigenvalue weighted by Crippen LogP contribution is 2.31. The maximum absolute atomic E-state index is 13.2. The number of methoxy groups -OCH3 is 2. The number of amides is 2. The maximum atomic E-state index is 13.2. The van der Waals surface area contributed by atoms with Gasteiger partial charge in [0.1, 0.15) is 6.04 Å². The summed E-state index contributed by atoms with van der Waals surface area (Å²) in [4.78, 5) is 26.5. The van der Waals surface area contributed by atoms with Gasteiger partial charge in [0.15, 0.2) is 11.5 Å². The third-order valence-corrected chi connectivity index (χ3v) is 7.08. The van der Waals surface area contributed by atoms with Crippen molar-refractivity contribution < 1.29 is 27.5 Å². The monoisotopic (exact) mass is 489 g/mol. The van der Waals surface area contributed by atoms with E-state index in [0.29, 0.717) is 36.6 Å². The predicted octanol–water partition coefficient (Wildman–Crippen LogP) is 2.94. The zero-order valence-electron chi connectivity index (χ0n) is 20.0. The van der Waals surface area contributed by atoms with Crippen molar-refractivity contribution in [1.29, 1.82) is 0 Å². The molecule has 0 saturated carbocycles. The Morgan fingerprint density at radius 3 is 2.38 bits per heavy atom. The molecule has 2 aromatic rings. The highest BCUT2D eigenvalue weighted by Gasteiger charge is 2.29. The predicted molar refractivity (Wildman–Crippen MR) is 130 cm³/mol. The van der Waals surface area contributed by atoms with E-state index >= 15 is 0 Å². The number of carbonyl (C=O) groups is 2. The minimum absolute atomic E-state index is 0.0596. The van der Waals surface area contributed by atoms with Gasteiger partial charge in [-0.15, -0.1) is 0 Å². The SMILES string of the molecule is COc1ccc(NC(=O)[C@@H](CC(C)C)NS(=O)(=O)c2ccc3c(c2)CCN3C(C)=O)cc1OC. The van der Waals surface area contributed by atoms with Crippen LogP contribution in [0.25, 0.3) is 0 Å². The number of nitrogens with zero attached hydrogens (tertiary/aromatic N) is 1. The van der Waals surface area contributed by atoms with Gasteiger partial charge in [-0.05, 0) is 54.7 Å². The molecular weight excluding hydrogens is 458 g/mol. The standard InChI is InChI=1S/C24H31N3O6S/c1-15(2)12-20(24(29)25-18-6-9-22(32-4)23(14-18)33-5)26-34(30,31)19-7-8-21-17(13-19)10-11-27(21)16(3)28/h6-9,13-15,20,26H,10-12H2,1-5H3,(H,25,29)/t20-/m1/s1. The number of hydrogen-bond donors (Lipinski definition) is 2. The van der Waals surface area contributed by atoms with Crippen LogP contribution in [0.1, 0.15) is 32.8 Å². The second-order valence-electron chi connectivity index (χ2n) is 8.57. The fourth-order valence-corrected chi connectivity index (χ4v) is 5.21. The lowest BCUT2D eigenvalue weighted by molar-refractivity contribution is -0.118. The van der Waals surface area contributed by atoms with Crippen LogP contribution >= 0.6 is 0 Å². The number of nitrogens with one attached hydrogen (secondary N) is 2. The molecule has 1 aliphatic heterocycles. The molecule has 2 N–H and O–H groups in total. The van der Waals surface area contributed by atoms with Gasteiger partial charge in [-0.2, -0.15) is 4.72 Å². The number of hydrogen-bond acceptors (Lipinski definition) is 6. The van der Waals surface area contributed by atoms with Crippen LogP contribution in [-0.4, -0.2) is 47.0 Å². The third kappa shape index (κ3) is 5.68. The molecule has 0 aromatic heterocycles. The lowest BCUT2D eigenvalue weighted by Gasteiger charge is -2.21. The molecule has 0 unspecified atom stereocenters. The van der Waals surface area contributed by atoms with Gasteiger partial charge in [0, 0.05) is 30.9 Å². The van der Waals surface area contributed by atoms with Crippen molar-refractivity contribution in [2.45, 2.75) is 44.6 Å². The van der Waals surface area contributed by atoms with Gasteiger partial charge in [0.05, 0.1) is 19.1 Å². The highest BCUT2D eigenvalue weighted by atomic mass is 32.2. The van der Waals surface area contributed by atoms with Crippen LogP contribution in [0, 0.1) is 5.92 Å². The molecule has 3 rings (SSSR count). The van der Waals surface area contributed by atoms with Crippen molar-refractivity contribution in [3.63, 3.8) is 0 Å². The van der Waals surface area contributed by atoms with Crippen molar-refractivity contribution in [3.05, 3.63) is 42.0 Å². The number of ether oxygens (including phenoxy) is 2. The van der Waals surface area contributed by atoms with E-state index in [9.17, 15) is 18.0 Å². The Labute approximate surface area is 200 Å². The minimum atomic E-state index is -3.98. The van der Waals surface area contributed by atoms with Gasteiger partial charge in [-0.25, -0.2) is 8.42 Å². The molecule has 9 nitrogen and oxygen atoms in total. The van der Waals surface area contributed by atoms with Crippen LogP contribution in [0.3, 0.4) is 0 Å². The Morgan fingerprint density at radius 1 is 1.06 bits per heavy atom. The van der Waals surface area contributed by atoms with Crippen molar-refractivity contribution in [2.75, 3.05) is 31.0 Å². The summed E-state index contributed by atoms with van der Waals surface area (Å²) in [6, 6.07) is 8.60. The normalized spacial score (nSPS) is 14.0. The molecule has 1 atom stereocenters. The minimum Gasteiger partial charge on any atom is -0.493 e. The lowest BCUT2D eigenvalue weighted by Crippen LogP contribution is -2.44. The molecular formula is C24H31N3O6S. The summed E-state index contributed by atoms with van der Waals surface area (Å²) < 4.78 is 39.4. The zero-order chi connectivity index (χ0) is 25.0. The zero-order valence-corrected chi connectivity index (χ0v) is 20.9. The van der Waals surface area contributed by atoms with Crippen molar-refractivity contribution in [3.8, 4) is 11.5 Å². The van der Waals surface area contributed by atoms with Crippen LogP contribution in [0.5, 0.6) is 11.5 Å². The lowest BCUT2D eigenvalue weighted by atomic mass is 10.0. The van der Waals surface area contributed by atoms with E-state index in [4.69, 9.17) is 9.47 Å². The number of rotatable bonds is 9. The molecule has 2 amide bonds. The van der Waals surface area contributed by atoms with E-state index in [1.54, 1.807) is 35.2 Å². The van der Waals surface area contributed by atoms with Gasteiger partial charge in [-0.1, -0.05) is 13.8 Å². The first kappa shape index (κ1) is 25.5. The molecule has 0 spiro atoms. The topological polar surface area (TPSA) is 114 Å². The average Bonchev–Trinajstić information content (AvgIpc) is 3.21. The Kier molecular flexibility index (Phi) is 7.83. The fraction of sp³-hybridized carbons (Fsp3) is 0.417. The Balaban J connectivity index is 1.82. The molecule has 0 aliphatic carbocycles. The maximum Gasteiger partial charge on any atom is 0.242 e. The van der Waals surface area contributed by atoms with Crippen molar-refractivity contribution >= 4 is 33.2 Å². The molecule has 2 aromatic carbocycles. The van der Waals surface area contributed by atoms with E-state index < -0.39 is 22.0 Å². The first-order chi connectivity index (χ1) is 16.1. The second-order valence-corrected chi connectivity index (χ2v) is 10.3. The Morgan fingerprint density at radius 2 is 1.76 bits per heavy atom. The number of benzene rings is 2. The highest BCUT2D eigenvalue weighted by molar-refractivity contribution is 7.89. The number of sulfonamides is 1. The van der Waals surface area contributed by atoms with E-state index in [1.807, 2.05) is 13.8 Å². The van der Waals surface area contributed by atoms with Crippen molar-refractivity contribution in [2.24, 2.45) is 5.92 Å². The summed E-state index contributed by atoms with van der Waals surface area (Å²) >= 11 is 0. The second kappa shape index (κ2) is 10.4. The largest absolute Gasteiger partial charge is 0.493 e. The molecule has 0 saturated heterocycles. The van der Waals surface area contributed by atoms with Gasteiger partial charge in [0.2, 0.25) is 21.8 Å². The van der Waals surface area contributed by atoms with Crippen LogP contribution < -0.4 is 24.4 Å². The van der Waals surface area contributed by atoms with Gasteiger partial charge < -0.3 is 19.7 Å². The fourth-order valence-electron chi connectivity index (χ4n) is 3.95. The summed E-state index contributed by atoms with van der Waals surface area (Å²) in [5.41, 5.74) is 1.96. The summed E-state index contributed by atoms with van der Waals surface area (Å²) in [7, 11) is -0.979. The molecule has 0 bridgehead atoms. The molecule has 1 heterocycles. The summed E-state index contributed by atoms with van der Waals surface area (Å²) in [6.45, 7) is 5.83. The Bertz CT molecular complexity index is 1180. The van der Waals surface area contributed by atoms with Crippen LogP contribution in [0.2, 0.25) is 0 Å². The molecule has 1 aliphatic rings. The first-order valence-corrected chi connectivity index (χ1v) is 12.5. The van der Waals surface area contributed by atoms with Crippen LogP contribution in [0.4, 0.5) is 11.4 Å². The van der Waals surface area contributed by atoms with Gasteiger partial charge in [-0.3, -0.25) is 9.59 Å². The van der Waals surface area contributed by atoms with E-state index in [2.05, 4.69) is 10.0 Å². The smallest absolute Gasteiger partial charge is 0.242 e. The number of anilines is 2. The number of fused-ring (bicyclic) bond motifs is 1. The van der Waals surface area contributed by atoms with Crippen LogP contribution in [0.15, 0.2) is 41.3 Å². The van der Waals surface area contributed by atoms with Gasteiger partial charge in [0.25, 0.3) is 0 Å². The molecule has 0 radical (unpaired) electrons. The molecule has 10 heteroatoms. The average molecular weight is 490 g/mol. The summed E-state index contributed by atoms with van der Waals surface area (Å²) in [6.07, 6.45) is 0.884. The first-order valence-electron chi connectivity index (χ1n) is 11.0. The Hall–Kier alpha value is -3.11. The van der Waals surface area contributed by atoms with Gasteiger partial charge >= 0.3 is 0 Å². The number of carbonyl (C=O) groups excluding carboxylic acids is 2. The summed E-state index contributed by atoms with van der Waals surface area (Å²) in [5.74, 6) is 0.455. The van der Waals surface area contributed by atoms with Crippen LogP contribution in [-0.2, 0) is 26.0 Å². The quantitative estimate of drug-likeness (QED) is 0.560. The van der Waals surface area contributed by atoms with E-state index in [0.717, 1.165) is 11.3 Å². The van der Waals surface area contributed by atoms with Crippen molar-refractivity contribution in [1.82, 2.24) is 4.72 Å². The van der Waals surface area contributed by atoms with E-state index in [-0.39, 0.29) is 16.7 Å². The molecule has 34 heavy (non-hydrogen) atoms. The van der Waals surface area contributed by atoms with E-state index in [1.165, 1.54) is 27.2 Å². The molecule has 184 valence electrons. The third-order valence-electron chi connectivity index (χ3n) is 5.61. The molecule has 0 fully saturated rings.